The Bertz CT molecular complexity index is 1180. The van der Waals surface area contributed by atoms with Crippen molar-refractivity contribution in [3.63, 3.8) is 0 Å². The number of nitriles is 1. The van der Waals surface area contributed by atoms with E-state index in [1.807, 2.05) is 24.3 Å². The number of ketones is 1. The Kier molecular flexibility index (Phi) is 4.27. The zero-order chi connectivity index (χ0) is 19.0. The Labute approximate surface area is 160 Å². The molecule has 0 bridgehead atoms. The Morgan fingerprint density at radius 1 is 1.22 bits per heavy atom. The third-order valence-electron chi connectivity index (χ3n) is 4.63. The van der Waals surface area contributed by atoms with Gasteiger partial charge in [-0.2, -0.15) is 5.26 Å². The highest BCUT2D eigenvalue weighted by molar-refractivity contribution is 7.21. The standard InChI is InChI=1S/C22H16N2O2S/c23-12-13-3-1-4-14(9-13)15-7-8-18-19(11-15)27-22(20(18)24)21(26)16-5-2-6-17(25)10-16/h2,4-11,25H,1,3,24H2. The maximum absolute atomic E-state index is 12.8. The van der Waals surface area contributed by atoms with Gasteiger partial charge in [0.25, 0.3) is 0 Å². The fourth-order valence-electron chi connectivity index (χ4n) is 3.23. The third-order valence-corrected chi connectivity index (χ3v) is 5.79. The number of anilines is 1. The Balaban J connectivity index is 1.76. The van der Waals surface area contributed by atoms with E-state index in [4.69, 9.17) is 11.0 Å². The molecule has 3 N–H and O–H groups in total. The van der Waals surface area contributed by atoms with Crippen LogP contribution in [0.4, 0.5) is 5.69 Å². The molecule has 0 saturated carbocycles. The zero-order valence-electron chi connectivity index (χ0n) is 14.4. The van der Waals surface area contributed by atoms with Crippen LogP contribution in [0.25, 0.3) is 15.7 Å². The fourth-order valence-corrected chi connectivity index (χ4v) is 4.36. The summed E-state index contributed by atoms with van der Waals surface area (Å²) in [6.07, 6.45) is 5.66. The second-order valence-electron chi connectivity index (χ2n) is 6.41. The van der Waals surface area contributed by atoms with Crippen molar-refractivity contribution in [2.24, 2.45) is 0 Å². The van der Waals surface area contributed by atoms with Gasteiger partial charge in [-0.3, -0.25) is 4.79 Å². The molecular weight excluding hydrogens is 356 g/mol. The molecule has 132 valence electrons. The lowest BCUT2D eigenvalue weighted by atomic mass is 9.95. The topological polar surface area (TPSA) is 87.1 Å². The van der Waals surface area contributed by atoms with Gasteiger partial charge in [0, 0.05) is 21.2 Å². The molecule has 3 aromatic rings. The molecule has 0 radical (unpaired) electrons. The number of hydrogen-bond acceptors (Lipinski definition) is 5. The molecule has 0 aliphatic heterocycles. The third kappa shape index (κ3) is 3.12. The summed E-state index contributed by atoms with van der Waals surface area (Å²) in [6.45, 7) is 0. The van der Waals surface area contributed by atoms with Crippen molar-refractivity contribution in [2.75, 3.05) is 5.73 Å². The van der Waals surface area contributed by atoms with E-state index >= 15 is 0 Å². The summed E-state index contributed by atoms with van der Waals surface area (Å²) in [5.41, 5.74) is 9.92. The minimum absolute atomic E-state index is 0.0483. The van der Waals surface area contributed by atoms with E-state index in [0.717, 1.165) is 39.6 Å². The number of fused-ring (bicyclic) bond motifs is 1. The summed E-state index contributed by atoms with van der Waals surface area (Å²) in [5, 5.41) is 19.6. The van der Waals surface area contributed by atoms with Gasteiger partial charge in [-0.05, 0) is 48.3 Å². The molecule has 1 aliphatic carbocycles. The molecule has 1 heterocycles. The maximum atomic E-state index is 12.8. The normalized spacial score (nSPS) is 13.7. The first-order valence-electron chi connectivity index (χ1n) is 8.54. The number of phenolic OH excluding ortho intramolecular Hbond substituents is 1. The zero-order valence-corrected chi connectivity index (χ0v) is 15.2. The number of nitrogens with two attached hydrogens (primary N) is 1. The van der Waals surface area contributed by atoms with Gasteiger partial charge in [-0.1, -0.05) is 30.3 Å². The monoisotopic (exact) mass is 372 g/mol. The van der Waals surface area contributed by atoms with Gasteiger partial charge in [-0.15, -0.1) is 11.3 Å². The molecule has 0 saturated heterocycles. The molecule has 4 rings (SSSR count). The predicted molar refractivity (Wildman–Crippen MR) is 109 cm³/mol. The van der Waals surface area contributed by atoms with Gasteiger partial charge in [0.1, 0.15) is 5.75 Å². The summed E-state index contributed by atoms with van der Waals surface area (Å²) < 4.78 is 0.923. The van der Waals surface area contributed by atoms with Gasteiger partial charge in [0.2, 0.25) is 5.78 Å². The number of nitrogens with zero attached hydrogens (tertiary/aromatic N) is 1. The first-order valence-corrected chi connectivity index (χ1v) is 9.35. The Hall–Kier alpha value is -3.36. The summed E-state index contributed by atoms with van der Waals surface area (Å²) >= 11 is 1.35. The van der Waals surface area contributed by atoms with E-state index in [2.05, 4.69) is 12.1 Å². The molecule has 1 aliphatic rings. The number of phenols is 1. The highest BCUT2D eigenvalue weighted by Gasteiger charge is 2.19. The SMILES string of the molecule is N#CC1=CC(c2ccc3c(N)c(C(=O)c4cccc(O)c4)sc3c2)=CCC1. The van der Waals surface area contributed by atoms with Gasteiger partial charge >= 0.3 is 0 Å². The van der Waals surface area contributed by atoms with Gasteiger partial charge < -0.3 is 10.8 Å². The Morgan fingerprint density at radius 3 is 2.85 bits per heavy atom. The molecule has 0 unspecified atom stereocenters. The van der Waals surface area contributed by atoms with Crippen LogP contribution in [0.5, 0.6) is 5.75 Å². The second kappa shape index (κ2) is 6.75. The summed E-state index contributed by atoms with van der Waals surface area (Å²) in [6, 6.07) is 14.4. The van der Waals surface area contributed by atoms with Crippen LogP contribution in [-0.2, 0) is 0 Å². The summed E-state index contributed by atoms with van der Waals surface area (Å²) in [4.78, 5) is 13.3. The lowest BCUT2D eigenvalue weighted by Crippen LogP contribution is -2.01. The molecule has 4 nitrogen and oxygen atoms in total. The number of aromatic hydroxyl groups is 1. The van der Waals surface area contributed by atoms with Crippen LogP contribution in [-0.4, -0.2) is 10.9 Å². The van der Waals surface area contributed by atoms with E-state index in [1.54, 1.807) is 12.1 Å². The number of thiophene rings is 1. The molecule has 0 fully saturated rings. The molecular formula is C22H16N2O2S. The number of nitrogen functional groups attached to an aromatic ring is 1. The number of benzene rings is 2. The minimum Gasteiger partial charge on any atom is -0.508 e. The van der Waals surface area contributed by atoms with Crippen molar-refractivity contribution < 1.29 is 9.90 Å². The number of carbonyl (C=O) groups excluding carboxylic acids is 1. The quantitative estimate of drug-likeness (QED) is 0.630. The molecule has 0 amide bonds. The van der Waals surface area contributed by atoms with E-state index in [0.29, 0.717) is 16.1 Å². The van der Waals surface area contributed by atoms with Crippen LogP contribution in [0.3, 0.4) is 0 Å². The van der Waals surface area contributed by atoms with E-state index in [1.165, 1.54) is 23.5 Å². The van der Waals surface area contributed by atoms with Crippen LogP contribution in [0, 0.1) is 11.3 Å². The van der Waals surface area contributed by atoms with Crippen LogP contribution in [0.15, 0.2) is 60.2 Å². The van der Waals surface area contributed by atoms with Crippen molar-refractivity contribution in [1.29, 1.82) is 5.26 Å². The smallest absolute Gasteiger partial charge is 0.205 e. The number of rotatable bonds is 3. The average Bonchev–Trinajstić information content (AvgIpc) is 3.03. The summed E-state index contributed by atoms with van der Waals surface area (Å²) in [7, 11) is 0. The van der Waals surface area contributed by atoms with E-state index in [-0.39, 0.29) is 11.5 Å². The highest BCUT2D eigenvalue weighted by Crippen LogP contribution is 2.37. The predicted octanol–water partition coefficient (Wildman–Crippen LogP) is 5.05. The summed E-state index contributed by atoms with van der Waals surface area (Å²) in [5.74, 6) is -0.151. The first-order chi connectivity index (χ1) is 13.1. The molecule has 0 atom stereocenters. The van der Waals surface area contributed by atoms with Crippen molar-refractivity contribution in [3.8, 4) is 11.8 Å². The van der Waals surface area contributed by atoms with Gasteiger partial charge in [0.05, 0.1) is 16.6 Å². The first kappa shape index (κ1) is 17.1. The fraction of sp³-hybridized carbons (Fsp3) is 0.0909. The Morgan fingerprint density at radius 2 is 2.07 bits per heavy atom. The van der Waals surface area contributed by atoms with Crippen LogP contribution in [0.2, 0.25) is 0 Å². The maximum Gasteiger partial charge on any atom is 0.205 e. The lowest BCUT2D eigenvalue weighted by Gasteiger charge is -2.09. The molecule has 1 aromatic heterocycles. The largest absolute Gasteiger partial charge is 0.508 e. The van der Waals surface area contributed by atoms with Gasteiger partial charge in [0.15, 0.2) is 0 Å². The number of hydrogen-bond donors (Lipinski definition) is 2. The van der Waals surface area contributed by atoms with Gasteiger partial charge in [-0.25, -0.2) is 0 Å². The second-order valence-corrected chi connectivity index (χ2v) is 7.47. The number of carbonyl (C=O) groups is 1. The van der Waals surface area contributed by atoms with Crippen molar-refractivity contribution in [2.45, 2.75) is 12.8 Å². The molecule has 5 heteroatoms. The van der Waals surface area contributed by atoms with E-state index < -0.39 is 0 Å². The molecule has 2 aromatic carbocycles. The van der Waals surface area contributed by atoms with Crippen molar-refractivity contribution >= 4 is 38.5 Å². The lowest BCUT2D eigenvalue weighted by molar-refractivity contribution is 0.104. The highest BCUT2D eigenvalue weighted by atomic mass is 32.1. The van der Waals surface area contributed by atoms with Crippen molar-refractivity contribution in [1.82, 2.24) is 0 Å². The van der Waals surface area contributed by atoms with E-state index in [9.17, 15) is 9.90 Å². The average molecular weight is 372 g/mol. The molecule has 27 heavy (non-hydrogen) atoms. The van der Waals surface area contributed by atoms with Crippen LogP contribution < -0.4 is 5.73 Å². The number of allylic oxidation sites excluding steroid dienone is 4. The van der Waals surface area contributed by atoms with Crippen LogP contribution >= 0.6 is 11.3 Å². The van der Waals surface area contributed by atoms with Crippen molar-refractivity contribution in [3.05, 3.63) is 76.2 Å². The minimum atomic E-state index is -0.199. The molecule has 0 spiro atoms. The van der Waals surface area contributed by atoms with Crippen LogP contribution in [0.1, 0.15) is 33.6 Å².